The van der Waals surface area contributed by atoms with Crippen LogP contribution in [-0.2, 0) is 20.8 Å². The molecule has 2 aliphatic rings. The third-order valence-electron chi connectivity index (χ3n) is 4.76. The van der Waals surface area contributed by atoms with Crippen LogP contribution in [0.1, 0.15) is 12.0 Å². The van der Waals surface area contributed by atoms with E-state index in [0.29, 0.717) is 6.54 Å². The number of rotatable bonds is 5. The predicted molar refractivity (Wildman–Crippen MR) is 90.9 cm³/mol. The molecule has 2 fully saturated rings. The Morgan fingerprint density at radius 1 is 1.42 bits per heavy atom. The first kappa shape index (κ1) is 17.1. The van der Waals surface area contributed by atoms with Crippen LogP contribution in [0.5, 0.6) is 0 Å². The molecule has 2 aliphatic heterocycles. The van der Waals surface area contributed by atoms with Crippen LogP contribution in [0.3, 0.4) is 0 Å². The zero-order valence-electron chi connectivity index (χ0n) is 14.4. The van der Waals surface area contributed by atoms with Crippen molar-refractivity contribution in [2.45, 2.75) is 25.1 Å². The second kappa shape index (κ2) is 7.92. The van der Waals surface area contributed by atoms with Gasteiger partial charge in [-0.25, -0.2) is 4.98 Å². The Morgan fingerprint density at radius 2 is 2.21 bits per heavy atom. The van der Waals surface area contributed by atoms with Crippen molar-refractivity contribution in [1.29, 1.82) is 0 Å². The molecule has 0 aliphatic carbocycles. The topological polar surface area (TPSA) is 66.9 Å². The number of morpholine rings is 1. The van der Waals surface area contributed by atoms with Crippen LogP contribution >= 0.6 is 0 Å². The third kappa shape index (κ3) is 4.03. The van der Waals surface area contributed by atoms with Crippen molar-refractivity contribution in [1.82, 2.24) is 15.2 Å². The number of ether oxygens (including phenoxy) is 2. The van der Waals surface area contributed by atoms with Crippen LogP contribution in [0.25, 0.3) is 0 Å². The molecule has 0 spiro atoms. The zero-order chi connectivity index (χ0) is 16.9. The van der Waals surface area contributed by atoms with Crippen molar-refractivity contribution in [3.05, 3.63) is 23.9 Å². The Kier molecular flexibility index (Phi) is 5.65. The van der Waals surface area contributed by atoms with E-state index < -0.39 is 0 Å². The molecule has 0 unspecified atom stereocenters. The maximum atomic E-state index is 12.4. The van der Waals surface area contributed by atoms with Gasteiger partial charge in [0.15, 0.2) is 0 Å². The van der Waals surface area contributed by atoms with Gasteiger partial charge in [0.25, 0.3) is 0 Å². The summed E-state index contributed by atoms with van der Waals surface area (Å²) in [5, 5.41) is 3.01. The summed E-state index contributed by atoms with van der Waals surface area (Å²) in [6.07, 6.45) is 2.72. The molecule has 7 nitrogen and oxygen atoms in total. The molecule has 0 aromatic carbocycles. The molecule has 3 heterocycles. The number of carbonyl (C=O) groups is 1. The highest BCUT2D eigenvalue weighted by atomic mass is 16.5. The molecule has 0 bridgehead atoms. The summed E-state index contributed by atoms with van der Waals surface area (Å²) in [6, 6.07) is 3.92. The summed E-state index contributed by atoms with van der Waals surface area (Å²) in [5.41, 5.74) is 1.00. The van der Waals surface area contributed by atoms with Gasteiger partial charge in [0.1, 0.15) is 5.82 Å². The number of anilines is 1. The van der Waals surface area contributed by atoms with Crippen molar-refractivity contribution >= 4 is 11.7 Å². The van der Waals surface area contributed by atoms with Gasteiger partial charge in [-0.05, 0) is 25.1 Å². The van der Waals surface area contributed by atoms with Gasteiger partial charge in [0.2, 0.25) is 5.91 Å². The van der Waals surface area contributed by atoms with Crippen LogP contribution < -0.4 is 10.2 Å². The Balaban J connectivity index is 1.50. The molecule has 1 N–H and O–H groups in total. The second-order valence-corrected chi connectivity index (χ2v) is 6.39. The number of nitrogens with one attached hydrogen (secondary N) is 1. The molecule has 132 valence electrons. The molecule has 7 heteroatoms. The average Bonchev–Trinajstić information content (AvgIpc) is 3.02. The maximum Gasteiger partial charge on any atom is 0.237 e. The number of nitrogens with zero attached hydrogens (tertiary/aromatic N) is 3. The van der Waals surface area contributed by atoms with E-state index in [1.165, 1.54) is 0 Å². The molecule has 0 saturated carbocycles. The Labute approximate surface area is 142 Å². The van der Waals surface area contributed by atoms with Crippen LogP contribution in [0.4, 0.5) is 5.82 Å². The van der Waals surface area contributed by atoms with Crippen LogP contribution in [0.2, 0.25) is 0 Å². The highest BCUT2D eigenvalue weighted by molar-refractivity contribution is 5.82. The minimum Gasteiger partial charge on any atom is -0.380 e. The van der Waals surface area contributed by atoms with E-state index >= 15 is 0 Å². The van der Waals surface area contributed by atoms with Crippen molar-refractivity contribution in [2.24, 2.45) is 0 Å². The van der Waals surface area contributed by atoms with E-state index in [1.54, 1.807) is 7.11 Å². The quantitative estimate of drug-likeness (QED) is 0.833. The lowest BCUT2D eigenvalue weighted by Gasteiger charge is -2.27. The summed E-state index contributed by atoms with van der Waals surface area (Å²) >= 11 is 0. The standard InChI is InChI=1S/C17H26N4O3/c1-20-12-14(23-2)9-15(20)17(22)19-11-13-3-4-16(18-10-13)21-5-7-24-8-6-21/h3-4,10,14-15H,5-9,11-12H2,1-2H3,(H,19,22)/t14-,15-/m0/s1. The fourth-order valence-electron chi connectivity index (χ4n) is 3.24. The number of likely N-dealkylation sites (N-methyl/N-ethyl adjacent to an activating group) is 1. The summed E-state index contributed by atoms with van der Waals surface area (Å²) in [7, 11) is 3.66. The van der Waals surface area contributed by atoms with Gasteiger partial charge >= 0.3 is 0 Å². The average molecular weight is 334 g/mol. The number of aromatic nitrogens is 1. The molecule has 1 aromatic rings. The lowest BCUT2D eigenvalue weighted by atomic mass is 10.2. The highest BCUT2D eigenvalue weighted by Crippen LogP contribution is 2.18. The smallest absolute Gasteiger partial charge is 0.237 e. The van der Waals surface area contributed by atoms with Gasteiger partial charge in [-0.3, -0.25) is 9.69 Å². The van der Waals surface area contributed by atoms with E-state index in [-0.39, 0.29) is 18.1 Å². The number of amides is 1. The van der Waals surface area contributed by atoms with Crippen molar-refractivity contribution in [3.63, 3.8) is 0 Å². The van der Waals surface area contributed by atoms with Gasteiger partial charge in [0, 0.05) is 39.5 Å². The number of hydrogen-bond acceptors (Lipinski definition) is 6. The fourth-order valence-corrected chi connectivity index (χ4v) is 3.24. The summed E-state index contributed by atoms with van der Waals surface area (Å²) in [6.45, 7) is 4.53. The number of likely N-dealkylation sites (tertiary alicyclic amines) is 1. The monoisotopic (exact) mass is 334 g/mol. The fraction of sp³-hybridized carbons (Fsp3) is 0.647. The number of carbonyl (C=O) groups excluding carboxylic acids is 1. The van der Waals surface area contributed by atoms with Crippen molar-refractivity contribution in [2.75, 3.05) is 51.9 Å². The first-order valence-corrected chi connectivity index (χ1v) is 8.45. The minimum atomic E-state index is -0.115. The van der Waals surface area contributed by atoms with Gasteiger partial charge in [-0.1, -0.05) is 6.07 Å². The van der Waals surface area contributed by atoms with Crippen LogP contribution in [0.15, 0.2) is 18.3 Å². The van der Waals surface area contributed by atoms with E-state index in [0.717, 1.165) is 50.7 Å². The third-order valence-corrected chi connectivity index (χ3v) is 4.76. The largest absolute Gasteiger partial charge is 0.380 e. The molecular weight excluding hydrogens is 308 g/mol. The number of methoxy groups -OCH3 is 1. The number of pyridine rings is 1. The van der Waals surface area contributed by atoms with Gasteiger partial charge in [-0.2, -0.15) is 0 Å². The normalized spacial score (nSPS) is 25.0. The molecule has 2 atom stereocenters. The molecular formula is C17H26N4O3. The second-order valence-electron chi connectivity index (χ2n) is 6.39. The van der Waals surface area contributed by atoms with Crippen molar-refractivity contribution in [3.8, 4) is 0 Å². The molecule has 2 saturated heterocycles. The first-order chi connectivity index (χ1) is 11.7. The highest BCUT2D eigenvalue weighted by Gasteiger charge is 2.34. The van der Waals surface area contributed by atoms with Gasteiger partial charge in [0.05, 0.1) is 25.4 Å². The Hall–Kier alpha value is -1.70. The van der Waals surface area contributed by atoms with E-state index in [2.05, 4.69) is 15.2 Å². The van der Waals surface area contributed by atoms with Crippen LogP contribution in [0, 0.1) is 0 Å². The maximum absolute atomic E-state index is 12.4. The predicted octanol–water partition coefficient (Wildman–Crippen LogP) is 0.254. The minimum absolute atomic E-state index is 0.0503. The van der Waals surface area contributed by atoms with Gasteiger partial charge in [-0.15, -0.1) is 0 Å². The van der Waals surface area contributed by atoms with E-state index in [4.69, 9.17) is 9.47 Å². The Morgan fingerprint density at radius 3 is 2.83 bits per heavy atom. The Bertz CT molecular complexity index is 545. The lowest BCUT2D eigenvalue weighted by Crippen LogP contribution is -2.41. The summed E-state index contributed by atoms with van der Waals surface area (Å²) in [4.78, 5) is 21.1. The zero-order valence-corrected chi connectivity index (χ0v) is 14.4. The molecule has 0 radical (unpaired) electrons. The summed E-state index contributed by atoms with van der Waals surface area (Å²) < 4.78 is 10.7. The SMILES string of the molecule is CO[C@H]1C[C@@H](C(=O)NCc2ccc(N3CCOCC3)nc2)N(C)C1. The summed E-state index contributed by atoms with van der Waals surface area (Å²) in [5.74, 6) is 1.01. The number of hydrogen-bond donors (Lipinski definition) is 1. The van der Waals surface area contributed by atoms with Gasteiger partial charge < -0.3 is 19.7 Å². The molecule has 1 aromatic heterocycles. The van der Waals surface area contributed by atoms with E-state index in [9.17, 15) is 4.79 Å². The molecule has 24 heavy (non-hydrogen) atoms. The van der Waals surface area contributed by atoms with Crippen LogP contribution in [-0.4, -0.2) is 74.9 Å². The van der Waals surface area contributed by atoms with Crippen molar-refractivity contribution < 1.29 is 14.3 Å². The van der Waals surface area contributed by atoms with E-state index in [1.807, 2.05) is 30.3 Å². The molecule has 1 amide bonds. The molecule has 3 rings (SSSR count). The lowest BCUT2D eigenvalue weighted by molar-refractivity contribution is -0.125. The first-order valence-electron chi connectivity index (χ1n) is 8.45.